The second-order valence-electron chi connectivity index (χ2n) is 12.6. The van der Waals surface area contributed by atoms with Crippen molar-refractivity contribution in [1.29, 1.82) is 0 Å². The summed E-state index contributed by atoms with van der Waals surface area (Å²) < 4.78 is 57.5. The van der Waals surface area contributed by atoms with Gasteiger partial charge in [-0.3, -0.25) is 14.6 Å². The molecular weight excluding hydrogens is 588 g/mol. The lowest BCUT2D eigenvalue weighted by molar-refractivity contribution is -0.115. The maximum Gasteiger partial charge on any atom is 0.416 e. The van der Waals surface area contributed by atoms with Crippen LogP contribution in [0.1, 0.15) is 27.7 Å². The molecular formula is C32H42F4N8O. The van der Waals surface area contributed by atoms with Gasteiger partial charge in [-0.05, 0) is 46.9 Å². The highest BCUT2D eigenvalue weighted by Crippen LogP contribution is 2.38. The predicted molar refractivity (Wildman–Crippen MR) is 169 cm³/mol. The quantitative estimate of drug-likeness (QED) is 0.465. The average molecular weight is 631 g/mol. The molecule has 4 heterocycles. The van der Waals surface area contributed by atoms with E-state index in [4.69, 9.17) is 0 Å². The SMILES string of the molecule is CC(C)N1CCN(c2ncc(-c3cc(NC(=O)C4=CN(C)CC=C4C(F)(F)F)c(N4C[C@@H](C)N(C)[C@@H](C)C4)cc3F)cn2)CC1. The number of rotatable bonds is 6. The lowest BCUT2D eigenvalue weighted by Gasteiger charge is -2.44. The highest BCUT2D eigenvalue weighted by molar-refractivity contribution is 6.09. The molecule has 9 nitrogen and oxygen atoms in total. The van der Waals surface area contributed by atoms with E-state index in [0.29, 0.717) is 36.3 Å². The van der Waals surface area contributed by atoms with Crippen molar-refractivity contribution in [1.82, 2.24) is 24.7 Å². The van der Waals surface area contributed by atoms with Crippen molar-refractivity contribution in [2.24, 2.45) is 0 Å². The third kappa shape index (κ3) is 7.09. The highest BCUT2D eigenvalue weighted by Gasteiger charge is 2.40. The molecule has 45 heavy (non-hydrogen) atoms. The molecule has 5 rings (SSSR count). The first-order valence-corrected chi connectivity index (χ1v) is 15.4. The summed E-state index contributed by atoms with van der Waals surface area (Å²) in [6.45, 7) is 12.9. The van der Waals surface area contributed by atoms with E-state index < -0.39 is 29.0 Å². The summed E-state index contributed by atoms with van der Waals surface area (Å²) in [5.74, 6) is -0.920. The molecule has 244 valence electrons. The minimum atomic E-state index is -4.70. The van der Waals surface area contributed by atoms with Crippen LogP contribution in [0.5, 0.6) is 0 Å². The van der Waals surface area contributed by atoms with Crippen LogP contribution in [-0.4, -0.2) is 115 Å². The number of hydrogen-bond donors (Lipinski definition) is 1. The molecule has 3 aliphatic heterocycles. The van der Waals surface area contributed by atoms with Crippen LogP contribution < -0.4 is 15.1 Å². The van der Waals surface area contributed by atoms with Crippen LogP contribution in [0.3, 0.4) is 0 Å². The fourth-order valence-corrected chi connectivity index (χ4v) is 6.14. The van der Waals surface area contributed by atoms with E-state index in [2.05, 4.69) is 57.7 Å². The molecule has 1 aromatic heterocycles. The number of nitrogens with one attached hydrogen (secondary N) is 1. The molecule has 0 aliphatic carbocycles. The molecule has 0 saturated carbocycles. The molecule has 3 aliphatic rings. The second-order valence-corrected chi connectivity index (χ2v) is 12.6. The number of carbonyl (C=O) groups excluding carboxylic acids is 1. The molecule has 13 heteroatoms. The van der Waals surface area contributed by atoms with Crippen LogP contribution >= 0.6 is 0 Å². The number of hydrogen-bond acceptors (Lipinski definition) is 8. The van der Waals surface area contributed by atoms with Gasteiger partial charge in [-0.2, -0.15) is 13.2 Å². The highest BCUT2D eigenvalue weighted by atomic mass is 19.4. The third-order valence-corrected chi connectivity index (χ3v) is 9.08. The maximum absolute atomic E-state index is 15.9. The number of aromatic nitrogens is 2. The zero-order chi connectivity index (χ0) is 32.6. The van der Waals surface area contributed by atoms with Gasteiger partial charge in [0.05, 0.1) is 22.5 Å². The Bertz CT molecular complexity index is 1440. The molecule has 2 atom stereocenters. The van der Waals surface area contributed by atoms with Gasteiger partial charge in [-0.1, -0.05) is 6.08 Å². The Morgan fingerprint density at radius 2 is 1.60 bits per heavy atom. The van der Waals surface area contributed by atoms with Crippen molar-refractivity contribution in [2.45, 2.75) is 52.0 Å². The summed E-state index contributed by atoms with van der Waals surface area (Å²) in [6.07, 6.45) is 0.575. The summed E-state index contributed by atoms with van der Waals surface area (Å²) in [6, 6.07) is 3.52. The number of likely N-dealkylation sites (N-methyl/N-ethyl adjacent to an activating group) is 2. The van der Waals surface area contributed by atoms with Crippen molar-refractivity contribution in [3.63, 3.8) is 0 Å². The molecule has 0 radical (unpaired) electrons. The molecule has 2 aromatic rings. The summed E-state index contributed by atoms with van der Waals surface area (Å²) in [7, 11) is 3.61. The van der Waals surface area contributed by atoms with Gasteiger partial charge in [-0.15, -0.1) is 0 Å². The number of carbonyl (C=O) groups is 1. The first kappa shape index (κ1) is 32.7. The number of piperazine rings is 2. The number of benzene rings is 1. The Kier molecular flexibility index (Phi) is 9.41. The van der Waals surface area contributed by atoms with Crippen molar-refractivity contribution in [2.75, 3.05) is 75.0 Å². The van der Waals surface area contributed by atoms with Crippen LogP contribution in [0.15, 0.2) is 47.9 Å². The van der Waals surface area contributed by atoms with Crippen molar-refractivity contribution in [3.8, 4) is 11.1 Å². The third-order valence-electron chi connectivity index (χ3n) is 9.08. The lowest BCUT2D eigenvalue weighted by Crippen LogP contribution is -2.55. The van der Waals surface area contributed by atoms with E-state index in [1.54, 1.807) is 19.4 Å². The maximum atomic E-state index is 15.9. The van der Waals surface area contributed by atoms with Gasteiger partial charge in [0.25, 0.3) is 5.91 Å². The molecule has 1 N–H and O–H groups in total. The fourth-order valence-electron chi connectivity index (χ4n) is 6.14. The Labute approximate surface area is 262 Å². The summed E-state index contributed by atoms with van der Waals surface area (Å²) in [5.41, 5.74) is -0.349. The van der Waals surface area contributed by atoms with Crippen molar-refractivity contribution in [3.05, 3.63) is 53.8 Å². The smallest absolute Gasteiger partial charge is 0.376 e. The van der Waals surface area contributed by atoms with Crippen LogP contribution in [0.25, 0.3) is 11.1 Å². The van der Waals surface area contributed by atoms with E-state index in [9.17, 15) is 18.0 Å². The number of anilines is 3. The van der Waals surface area contributed by atoms with Crippen molar-refractivity contribution >= 4 is 23.2 Å². The fraction of sp³-hybridized carbons (Fsp3) is 0.531. The van der Waals surface area contributed by atoms with Crippen LogP contribution in [0, 0.1) is 5.82 Å². The van der Waals surface area contributed by atoms with Gasteiger partial charge in [0.15, 0.2) is 0 Å². The first-order chi connectivity index (χ1) is 21.2. The number of alkyl halides is 3. The summed E-state index contributed by atoms with van der Waals surface area (Å²) in [4.78, 5) is 32.7. The van der Waals surface area contributed by atoms with E-state index in [-0.39, 0.29) is 29.9 Å². The zero-order valence-corrected chi connectivity index (χ0v) is 26.7. The number of halogens is 4. The van der Waals surface area contributed by atoms with Gasteiger partial charge in [-0.25, -0.2) is 14.4 Å². The second kappa shape index (κ2) is 13.0. The van der Waals surface area contributed by atoms with E-state index in [0.717, 1.165) is 32.3 Å². The average Bonchev–Trinajstić information content (AvgIpc) is 2.99. The van der Waals surface area contributed by atoms with E-state index in [1.165, 1.54) is 23.2 Å². The monoisotopic (exact) mass is 630 g/mol. The van der Waals surface area contributed by atoms with Gasteiger partial charge in [0.1, 0.15) is 5.82 Å². The topological polar surface area (TPSA) is 71.1 Å². The minimum absolute atomic E-state index is 0.0258. The van der Waals surface area contributed by atoms with Gasteiger partial charge in [0.2, 0.25) is 5.95 Å². The lowest BCUT2D eigenvalue weighted by atomic mass is 10.0. The number of amides is 1. The molecule has 1 aromatic carbocycles. The van der Waals surface area contributed by atoms with Crippen LogP contribution in [0.4, 0.5) is 34.9 Å². The molecule has 0 unspecified atom stereocenters. The Morgan fingerprint density at radius 3 is 2.18 bits per heavy atom. The first-order valence-electron chi connectivity index (χ1n) is 15.4. The van der Waals surface area contributed by atoms with Crippen LogP contribution in [0.2, 0.25) is 0 Å². The Balaban J connectivity index is 1.48. The largest absolute Gasteiger partial charge is 0.416 e. The van der Waals surface area contributed by atoms with E-state index >= 15 is 4.39 Å². The van der Waals surface area contributed by atoms with Gasteiger partial charge < -0.3 is 20.0 Å². The van der Waals surface area contributed by atoms with E-state index in [1.807, 2.05) is 11.9 Å². The normalized spacial score (nSPS) is 22.1. The standard InChI is InChI=1S/C32H42F4N8O/c1-20(2)42-9-11-43(12-10-42)31-37-15-23(16-38-31)24-13-28(29(14-27(24)33)44-17-21(3)41(6)22(4)18-44)39-30(45)25-19-40(5)8-7-26(25)32(34,35)36/h7,13-16,19-22H,8-12,17-18H2,1-6H3,(H,39,45)/t21-,22+. The molecule has 0 bridgehead atoms. The Hall–Kier alpha value is -3.71. The minimum Gasteiger partial charge on any atom is -0.376 e. The Morgan fingerprint density at radius 1 is 0.978 bits per heavy atom. The van der Waals surface area contributed by atoms with Gasteiger partial charge in [0, 0.05) is 101 Å². The molecule has 1 amide bonds. The number of nitrogens with zero attached hydrogens (tertiary/aromatic N) is 7. The van der Waals surface area contributed by atoms with Crippen molar-refractivity contribution < 1.29 is 22.4 Å². The molecule has 2 saturated heterocycles. The van der Waals surface area contributed by atoms with Gasteiger partial charge >= 0.3 is 6.18 Å². The zero-order valence-electron chi connectivity index (χ0n) is 26.7. The molecule has 2 fully saturated rings. The summed E-state index contributed by atoms with van der Waals surface area (Å²) in [5, 5.41) is 2.70. The molecule has 0 spiro atoms. The summed E-state index contributed by atoms with van der Waals surface area (Å²) >= 11 is 0. The van der Waals surface area contributed by atoms with Crippen LogP contribution in [-0.2, 0) is 4.79 Å². The predicted octanol–water partition coefficient (Wildman–Crippen LogP) is 4.60.